The average Bonchev–Trinajstić information content (AvgIpc) is 2.78. The van der Waals surface area contributed by atoms with E-state index in [4.69, 9.17) is 0 Å². The van der Waals surface area contributed by atoms with Gasteiger partial charge in [0.2, 0.25) is 0 Å². The van der Waals surface area contributed by atoms with Crippen LogP contribution in [0.5, 0.6) is 0 Å². The number of ketones is 2. The van der Waals surface area contributed by atoms with Crippen molar-refractivity contribution in [2.75, 3.05) is 0 Å². The molecule has 0 aromatic rings. The summed E-state index contributed by atoms with van der Waals surface area (Å²) >= 11 is -2.48. The van der Waals surface area contributed by atoms with Crippen molar-refractivity contribution in [1.82, 2.24) is 0 Å². The fourth-order valence-corrected chi connectivity index (χ4v) is 26.0. The molecule has 0 saturated heterocycles. The molecule has 0 aliphatic heterocycles. The fraction of sp³-hybridized carbons (Fsp3) is 0.913. The molecule has 0 N–H and O–H groups in total. The monoisotopic (exact) mass is 470 g/mol. The molecule has 2 aliphatic carbocycles. The van der Waals surface area contributed by atoms with Gasteiger partial charge in [0.25, 0.3) is 0 Å². The summed E-state index contributed by atoms with van der Waals surface area (Å²) in [6.07, 6.45) is 13.8. The summed E-state index contributed by atoms with van der Waals surface area (Å²) in [4.78, 5) is 25.5. The van der Waals surface area contributed by atoms with E-state index in [-0.39, 0.29) is 12.3 Å². The number of fused-ring (bicyclic) bond motifs is 1. The third kappa shape index (κ3) is 5.58. The molecule has 3 heteroatoms. The van der Waals surface area contributed by atoms with Gasteiger partial charge < -0.3 is 0 Å². The van der Waals surface area contributed by atoms with E-state index in [1.54, 1.807) is 0 Å². The first-order valence-electron chi connectivity index (χ1n) is 11.6. The second kappa shape index (κ2) is 11.2. The molecule has 3 atom stereocenters. The van der Waals surface area contributed by atoms with Crippen LogP contribution in [0.3, 0.4) is 0 Å². The average molecular weight is 469 g/mol. The van der Waals surface area contributed by atoms with Crippen LogP contribution in [-0.4, -0.2) is 29.9 Å². The summed E-state index contributed by atoms with van der Waals surface area (Å²) in [7, 11) is 0. The van der Waals surface area contributed by atoms with E-state index in [1.165, 1.54) is 71.1 Å². The zero-order valence-corrected chi connectivity index (χ0v) is 20.5. The molecule has 0 bridgehead atoms. The van der Waals surface area contributed by atoms with Crippen LogP contribution in [0.1, 0.15) is 97.8 Å². The fourth-order valence-electron chi connectivity index (χ4n) is 6.02. The molecule has 2 nitrogen and oxygen atoms in total. The van der Waals surface area contributed by atoms with Crippen LogP contribution in [-0.2, 0) is 9.59 Å². The number of hydrogen-bond acceptors (Lipinski definition) is 2. The quantitative estimate of drug-likeness (QED) is 0.257. The first kappa shape index (κ1) is 22.4. The Labute approximate surface area is 166 Å². The van der Waals surface area contributed by atoms with E-state index in [0.29, 0.717) is 21.4 Å². The van der Waals surface area contributed by atoms with Crippen LogP contribution in [0.4, 0.5) is 0 Å². The topological polar surface area (TPSA) is 34.1 Å². The van der Waals surface area contributed by atoms with Crippen LogP contribution in [0, 0.1) is 11.8 Å². The second-order valence-corrected chi connectivity index (χ2v) is 23.4. The Kier molecular flexibility index (Phi) is 9.67. The maximum absolute atomic E-state index is 12.8. The maximum atomic E-state index is 12.8. The molecule has 0 amide bonds. The van der Waals surface area contributed by atoms with Gasteiger partial charge in [-0.15, -0.1) is 0 Å². The summed E-state index contributed by atoms with van der Waals surface area (Å²) in [5.41, 5.74) is 0. The first-order chi connectivity index (χ1) is 12.6. The van der Waals surface area contributed by atoms with Gasteiger partial charge in [0, 0.05) is 0 Å². The van der Waals surface area contributed by atoms with Gasteiger partial charge in [-0.25, -0.2) is 0 Å². The van der Waals surface area contributed by atoms with Crippen molar-refractivity contribution in [2.24, 2.45) is 11.8 Å². The number of Topliss-reactive ketones (excluding diaryl/α,β-unsaturated/α-hetero) is 2. The Morgan fingerprint density at radius 1 is 0.846 bits per heavy atom. The summed E-state index contributed by atoms with van der Waals surface area (Å²) in [6.45, 7) is 6.96. The summed E-state index contributed by atoms with van der Waals surface area (Å²) in [5, 5.41) is 0. The molecule has 0 aromatic heterocycles. The van der Waals surface area contributed by atoms with E-state index in [0.717, 1.165) is 12.8 Å². The Morgan fingerprint density at radius 3 is 1.92 bits per heavy atom. The summed E-state index contributed by atoms with van der Waals surface area (Å²) in [5.74, 6) is 1.41. The van der Waals surface area contributed by atoms with Crippen molar-refractivity contribution in [3.63, 3.8) is 0 Å². The zero-order valence-electron chi connectivity index (χ0n) is 17.7. The molecule has 2 fully saturated rings. The number of carbonyl (C=O) groups excluding carboxylic acids is 2. The Balaban J connectivity index is 2.38. The van der Waals surface area contributed by atoms with Crippen LogP contribution >= 0.6 is 0 Å². The number of carbonyl (C=O) groups is 2. The van der Waals surface area contributed by atoms with Gasteiger partial charge in [-0.2, -0.15) is 0 Å². The van der Waals surface area contributed by atoms with E-state index in [2.05, 4.69) is 20.8 Å². The summed E-state index contributed by atoms with van der Waals surface area (Å²) < 4.78 is 5.08. The Hall–Kier alpha value is 0.139. The molecule has 0 radical (unpaired) electrons. The van der Waals surface area contributed by atoms with E-state index < -0.39 is 18.4 Å². The van der Waals surface area contributed by atoms with E-state index >= 15 is 0 Å². The minimum absolute atomic E-state index is 0.237. The second-order valence-electron chi connectivity index (χ2n) is 9.22. The molecular weight excluding hydrogens is 427 g/mol. The number of unbranched alkanes of at least 4 members (excludes halogenated alkanes) is 3. The van der Waals surface area contributed by atoms with E-state index in [9.17, 15) is 9.59 Å². The van der Waals surface area contributed by atoms with Crippen molar-refractivity contribution in [2.45, 2.75) is 115 Å². The van der Waals surface area contributed by atoms with Gasteiger partial charge in [0.1, 0.15) is 0 Å². The third-order valence-electron chi connectivity index (χ3n) is 7.44. The van der Waals surface area contributed by atoms with Gasteiger partial charge >= 0.3 is 166 Å². The van der Waals surface area contributed by atoms with Crippen molar-refractivity contribution in [3.05, 3.63) is 0 Å². The van der Waals surface area contributed by atoms with Gasteiger partial charge in [0.05, 0.1) is 0 Å². The van der Waals surface area contributed by atoms with Crippen molar-refractivity contribution in [3.8, 4) is 0 Å². The number of hydrogen-bond donors (Lipinski definition) is 0. The Bertz CT molecular complexity index is 437. The van der Waals surface area contributed by atoms with Gasteiger partial charge in [-0.05, 0) is 0 Å². The van der Waals surface area contributed by atoms with Crippen molar-refractivity contribution < 1.29 is 9.59 Å². The number of rotatable bonds is 10. The van der Waals surface area contributed by atoms with Crippen LogP contribution < -0.4 is 0 Å². The predicted octanol–water partition coefficient (Wildman–Crippen LogP) is 6.94. The van der Waals surface area contributed by atoms with Crippen molar-refractivity contribution >= 4 is 29.9 Å². The zero-order chi connectivity index (χ0) is 19.0. The molecule has 2 rings (SSSR count). The molecule has 0 spiro atoms. The molecule has 2 aliphatic rings. The molecule has 2 saturated carbocycles. The Morgan fingerprint density at radius 2 is 1.38 bits per heavy atom. The van der Waals surface area contributed by atoms with Gasteiger partial charge in [-0.1, -0.05) is 0 Å². The molecule has 150 valence electrons. The van der Waals surface area contributed by atoms with Crippen LogP contribution in [0.25, 0.3) is 0 Å². The molecule has 0 aromatic carbocycles. The normalized spacial score (nSPS) is 27.3. The molecule has 0 unspecified atom stereocenters. The molecule has 26 heavy (non-hydrogen) atoms. The minimum atomic E-state index is -2.48. The van der Waals surface area contributed by atoms with Crippen LogP contribution in [0.15, 0.2) is 0 Å². The van der Waals surface area contributed by atoms with Gasteiger partial charge in [0.15, 0.2) is 0 Å². The molecular formula is C23H42O2Sn. The van der Waals surface area contributed by atoms with Crippen molar-refractivity contribution in [1.29, 1.82) is 0 Å². The third-order valence-corrected chi connectivity index (χ3v) is 25.3. The predicted molar refractivity (Wildman–Crippen MR) is 113 cm³/mol. The van der Waals surface area contributed by atoms with E-state index in [1.807, 2.05) is 0 Å². The standard InChI is InChI=1S/C11H15O2.3C4H9.Sn/c12-9-6-5-8-3-1-2-4-10(8)11(13)7-9;3*1-3-4-2;/h5,8,10H,1-4,6-7H2;3*1,3-4H2,2H3;/t8-,10-;;;;/m1..../s1. The van der Waals surface area contributed by atoms with Gasteiger partial charge in [-0.3, -0.25) is 0 Å². The molecule has 0 heterocycles. The SMILES string of the molecule is CCC[CH2][Sn]([CH2]CCC)([CH2]CCC)[C@@H]1CC(=O)CC(=O)[C@@H]2CCCC[C@H]12. The van der Waals surface area contributed by atoms with Crippen LogP contribution in [0.2, 0.25) is 17.2 Å². The first-order valence-corrected chi connectivity index (χ1v) is 19.3. The summed E-state index contributed by atoms with van der Waals surface area (Å²) in [6, 6.07) is 0.